The van der Waals surface area contributed by atoms with Gasteiger partial charge in [0, 0.05) is 31.0 Å². The third-order valence-electron chi connectivity index (χ3n) is 4.36. The molecule has 0 radical (unpaired) electrons. The second-order valence-corrected chi connectivity index (χ2v) is 6.08. The maximum atomic E-state index is 3.77. The van der Waals surface area contributed by atoms with Gasteiger partial charge in [0.05, 0.1) is 0 Å². The van der Waals surface area contributed by atoms with Gasteiger partial charge in [0.1, 0.15) is 0 Å². The smallest absolute Gasteiger partial charge is 0.0361 e. The van der Waals surface area contributed by atoms with Gasteiger partial charge in [-0.1, -0.05) is 20.8 Å². The first-order valence-corrected chi connectivity index (χ1v) is 7.58. The number of aryl methyl sites for hydroxylation is 1. The van der Waals surface area contributed by atoms with Crippen LogP contribution in [0.5, 0.6) is 0 Å². The molecule has 1 N–H and O–H groups in total. The molecule has 1 aromatic heterocycles. The Morgan fingerprint density at radius 2 is 2.17 bits per heavy atom. The number of aromatic nitrogens is 1. The van der Waals surface area contributed by atoms with E-state index in [1.807, 2.05) is 0 Å². The van der Waals surface area contributed by atoms with E-state index >= 15 is 0 Å². The lowest BCUT2D eigenvalue weighted by atomic mass is 9.80. The molecule has 2 nitrogen and oxygen atoms in total. The normalized spacial score (nSPS) is 28.5. The van der Waals surface area contributed by atoms with Crippen LogP contribution in [0.4, 0.5) is 0 Å². The topological polar surface area (TPSA) is 17.0 Å². The van der Waals surface area contributed by atoms with Crippen molar-refractivity contribution in [1.82, 2.24) is 9.88 Å². The van der Waals surface area contributed by atoms with Crippen LogP contribution in [0.1, 0.15) is 52.1 Å². The number of hydrogen-bond acceptors (Lipinski definition) is 1. The fraction of sp³-hybridized carbons (Fsp3) is 0.750. The summed E-state index contributed by atoms with van der Waals surface area (Å²) in [5, 5.41) is 3.77. The van der Waals surface area contributed by atoms with Crippen molar-refractivity contribution in [2.75, 3.05) is 0 Å². The fourth-order valence-corrected chi connectivity index (χ4v) is 3.27. The van der Waals surface area contributed by atoms with E-state index in [0.29, 0.717) is 6.04 Å². The Balaban J connectivity index is 1.85. The molecule has 1 aromatic rings. The van der Waals surface area contributed by atoms with Gasteiger partial charge >= 0.3 is 0 Å². The summed E-state index contributed by atoms with van der Waals surface area (Å²) in [6, 6.07) is 5.13. The highest BCUT2D eigenvalue weighted by Crippen LogP contribution is 2.28. The molecule has 1 saturated carbocycles. The summed E-state index contributed by atoms with van der Waals surface area (Å²) in [5.74, 6) is 1.74. The molecule has 0 bridgehead atoms. The van der Waals surface area contributed by atoms with Gasteiger partial charge in [0.15, 0.2) is 0 Å². The molecule has 102 valence electrons. The first-order valence-electron chi connectivity index (χ1n) is 7.58. The van der Waals surface area contributed by atoms with Crippen LogP contribution >= 0.6 is 0 Å². The van der Waals surface area contributed by atoms with Crippen molar-refractivity contribution in [3.05, 3.63) is 24.0 Å². The van der Waals surface area contributed by atoms with Crippen LogP contribution in [-0.4, -0.2) is 10.6 Å². The molecule has 18 heavy (non-hydrogen) atoms. The highest BCUT2D eigenvalue weighted by Gasteiger charge is 2.24. The Bertz CT molecular complexity index is 356. The Labute approximate surface area is 112 Å². The zero-order chi connectivity index (χ0) is 13.0. The summed E-state index contributed by atoms with van der Waals surface area (Å²) in [6.07, 6.45) is 7.52. The molecule has 0 saturated heterocycles. The molecule has 3 atom stereocenters. The van der Waals surface area contributed by atoms with Crippen LogP contribution in [0, 0.1) is 11.8 Å². The standard InChI is InChI=1S/C16H28N2/c1-4-9-18-10-5-6-15(18)12-17-16-8-7-13(2)11-14(16)3/h5-6,10,13-14,16-17H,4,7-9,11-12H2,1-3H3. The number of nitrogens with zero attached hydrogens (tertiary/aromatic N) is 1. The SMILES string of the molecule is CCCn1cccc1CNC1CCC(C)CC1C. The third kappa shape index (κ3) is 3.38. The zero-order valence-corrected chi connectivity index (χ0v) is 12.2. The van der Waals surface area contributed by atoms with Gasteiger partial charge in [-0.25, -0.2) is 0 Å². The van der Waals surface area contributed by atoms with Gasteiger partial charge in [-0.15, -0.1) is 0 Å². The van der Waals surface area contributed by atoms with Crippen molar-refractivity contribution in [3.63, 3.8) is 0 Å². The predicted molar refractivity (Wildman–Crippen MR) is 77.5 cm³/mol. The molecule has 0 aliphatic heterocycles. The molecule has 2 rings (SSSR count). The van der Waals surface area contributed by atoms with E-state index in [4.69, 9.17) is 0 Å². The van der Waals surface area contributed by atoms with Gasteiger partial charge in [-0.3, -0.25) is 0 Å². The molecule has 2 heteroatoms. The molecule has 1 aliphatic rings. The van der Waals surface area contributed by atoms with E-state index in [9.17, 15) is 0 Å². The van der Waals surface area contributed by atoms with Crippen molar-refractivity contribution in [3.8, 4) is 0 Å². The van der Waals surface area contributed by atoms with E-state index in [2.05, 4.69) is 49.0 Å². The van der Waals surface area contributed by atoms with E-state index in [-0.39, 0.29) is 0 Å². The maximum absolute atomic E-state index is 3.77. The van der Waals surface area contributed by atoms with Gasteiger partial charge in [-0.05, 0) is 49.7 Å². The number of rotatable bonds is 5. The van der Waals surface area contributed by atoms with Crippen LogP contribution < -0.4 is 5.32 Å². The first kappa shape index (κ1) is 13.7. The quantitative estimate of drug-likeness (QED) is 0.838. The highest BCUT2D eigenvalue weighted by molar-refractivity contribution is 5.07. The maximum Gasteiger partial charge on any atom is 0.0361 e. The summed E-state index contributed by atoms with van der Waals surface area (Å²) in [5.41, 5.74) is 1.43. The summed E-state index contributed by atoms with van der Waals surface area (Å²) >= 11 is 0. The summed E-state index contributed by atoms with van der Waals surface area (Å²) in [6.45, 7) is 9.19. The molecule has 3 unspecified atom stereocenters. The van der Waals surface area contributed by atoms with Crippen LogP contribution in [-0.2, 0) is 13.1 Å². The van der Waals surface area contributed by atoms with Crippen molar-refractivity contribution in [1.29, 1.82) is 0 Å². The molecule has 0 spiro atoms. The minimum Gasteiger partial charge on any atom is -0.350 e. The van der Waals surface area contributed by atoms with Crippen molar-refractivity contribution in [2.45, 2.75) is 65.6 Å². The lowest BCUT2D eigenvalue weighted by Gasteiger charge is -2.33. The van der Waals surface area contributed by atoms with Gasteiger partial charge in [-0.2, -0.15) is 0 Å². The monoisotopic (exact) mass is 248 g/mol. The molecule has 0 aromatic carbocycles. The highest BCUT2D eigenvalue weighted by atomic mass is 15.0. The number of hydrogen-bond donors (Lipinski definition) is 1. The van der Waals surface area contributed by atoms with E-state index in [0.717, 1.165) is 24.9 Å². The van der Waals surface area contributed by atoms with Gasteiger partial charge < -0.3 is 9.88 Å². The lowest BCUT2D eigenvalue weighted by Crippen LogP contribution is -2.38. The Morgan fingerprint density at radius 1 is 1.33 bits per heavy atom. The molecular formula is C16H28N2. The Hall–Kier alpha value is -0.760. The minimum absolute atomic E-state index is 0.714. The molecule has 1 aliphatic carbocycles. The minimum atomic E-state index is 0.714. The Morgan fingerprint density at radius 3 is 2.89 bits per heavy atom. The fourth-order valence-electron chi connectivity index (χ4n) is 3.27. The first-order chi connectivity index (χ1) is 8.70. The average Bonchev–Trinajstić information content (AvgIpc) is 2.76. The molecular weight excluding hydrogens is 220 g/mol. The second-order valence-electron chi connectivity index (χ2n) is 6.08. The van der Waals surface area contributed by atoms with Crippen molar-refractivity contribution >= 4 is 0 Å². The van der Waals surface area contributed by atoms with Crippen LogP contribution in [0.2, 0.25) is 0 Å². The lowest BCUT2D eigenvalue weighted by molar-refractivity contribution is 0.226. The molecule has 1 fully saturated rings. The van der Waals surface area contributed by atoms with E-state index < -0.39 is 0 Å². The van der Waals surface area contributed by atoms with Crippen LogP contribution in [0.25, 0.3) is 0 Å². The average molecular weight is 248 g/mol. The van der Waals surface area contributed by atoms with Crippen molar-refractivity contribution in [2.24, 2.45) is 11.8 Å². The summed E-state index contributed by atoms with van der Waals surface area (Å²) < 4.78 is 2.38. The third-order valence-corrected chi connectivity index (χ3v) is 4.36. The molecule has 0 amide bonds. The summed E-state index contributed by atoms with van der Waals surface area (Å²) in [4.78, 5) is 0. The predicted octanol–water partition coefficient (Wildman–Crippen LogP) is 3.81. The van der Waals surface area contributed by atoms with Crippen LogP contribution in [0.3, 0.4) is 0 Å². The zero-order valence-electron chi connectivity index (χ0n) is 12.2. The molecule has 1 heterocycles. The Kier molecular flexibility index (Phi) is 4.87. The van der Waals surface area contributed by atoms with E-state index in [1.54, 1.807) is 0 Å². The largest absolute Gasteiger partial charge is 0.350 e. The van der Waals surface area contributed by atoms with E-state index in [1.165, 1.54) is 31.4 Å². The van der Waals surface area contributed by atoms with Gasteiger partial charge in [0.25, 0.3) is 0 Å². The van der Waals surface area contributed by atoms with Crippen LogP contribution in [0.15, 0.2) is 18.3 Å². The second kappa shape index (κ2) is 6.42. The summed E-state index contributed by atoms with van der Waals surface area (Å²) in [7, 11) is 0. The number of nitrogens with one attached hydrogen (secondary N) is 1. The van der Waals surface area contributed by atoms with Crippen molar-refractivity contribution < 1.29 is 0 Å². The van der Waals surface area contributed by atoms with Gasteiger partial charge in [0.2, 0.25) is 0 Å².